The number of pyridine rings is 1. The Morgan fingerprint density at radius 1 is 1.44 bits per heavy atom. The Balaban J connectivity index is 2.38. The number of aromatic nitrogens is 1. The first-order valence-electron chi connectivity index (χ1n) is 6.05. The van der Waals surface area contributed by atoms with Crippen molar-refractivity contribution < 1.29 is 4.79 Å². The van der Waals surface area contributed by atoms with Gasteiger partial charge in [0.2, 0.25) is 5.91 Å². The summed E-state index contributed by atoms with van der Waals surface area (Å²) in [5.41, 5.74) is 7.24. The highest BCUT2D eigenvalue weighted by atomic mass is 16.1. The topological polar surface area (TPSA) is 80.0 Å². The average Bonchev–Trinajstić information content (AvgIpc) is 2.20. The smallest absolute Gasteiger partial charge is 0.222 e. The largest absolute Gasteiger partial charge is 0.398 e. The standard InChI is InChI=1S/C13H22N4O/c1-9-8-16-11(7-10(9)14)15-6-5-12(18)17-13(2,3)4/h7-8H,5-6H2,1-4H3,(H,17,18)(H3,14,15,16). The Labute approximate surface area is 108 Å². The van der Waals surface area contributed by atoms with E-state index >= 15 is 0 Å². The highest BCUT2D eigenvalue weighted by Gasteiger charge is 2.12. The van der Waals surface area contributed by atoms with Gasteiger partial charge >= 0.3 is 0 Å². The molecule has 0 fully saturated rings. The third-order valence-corrected chi connectivity index (χ3v) is 2.32. The van der Waals surface area contributed by atoms with Crippen LogP contribution in [0.5, 0.6) is 0 Å². The first-order valence-corrected chi connectivity index (χ1v) is 6.05. The normalized spacial score (nSPS) is 11.1. The van der Waals surface area contributed by atoms with Gasteiger partial charge in [0.05, 0.1) is 0 Å². The van der Waals surface area contributed by atoms with Gasteiger partial charge < -0.3 is 16.4 Å². The number of hydrogen-bond donors (Lipinski definition) is 3. The van der Waals surface area contributed by atoms with Crippen LogP contribution in [-0.4, -0.2) is 23.0 Å². The fourth-order valence-corrected chi connectivity index (χ4v) is 1.42. The van der Waals surface area contributed by atoms with Crippen LogP contribution in [-0.2, 0) is 4.79 Å². The van der Waals surface area contributed by atoms with Crippen molar-refractivity contribution in [3.8, 4) is 0 Å². The molecule has 18 heavy (non-hydrogen) atoms. The van der Waals surface area contributed by atoms with Gasteiger partial charge in [-0.1, -0.05) is 0 Å². The molecule has 0 aliphatic rings. The van der Waals surface area contributed by atoms with E-state index in [0.717, 1.165) is 5.56 Å². The quantitative estimate of drug-likeness (QED) is 0.759. The molecule has 1 amide bonds. The van der Waals surface area contributed by atoms with E-state index in [1.54, 1.807) is 12.3 Å². The molecule has 0 aliphatic heterocycles. The molecule has 1 rings (SSSR count). The van der Waals surface area contributed by atoms with Crippen LogP contribution < -0.4 is 16.4 Å². The van der Waals surface area contributed by atoms with Crippen molar-refractivity contribution >= 4 is 17.4 Å². The van der Waals surface area contributed by atoms with Crippen LogP contribution in [0.2, 0.25) is 0 Å². The molecule has 1 aromatic heterocycles. The van der Waals surface area contributed by atoms with Crippen LogP contribution in [0.15, 0.2) is 12.3 Å². The van der Waals surface area contributed by atoms with E-state index in [9.17, 15) is 4.79 Å². The van der Waals surface area contributed by atoms with E-state index in [-0.39, 0.29) is 11.4 Å². The maximum atomic E-state index is 11.6. The van der Waals surface area contributed by atoms with Gasteiger partial charge in [-0.05, 0) is 33.3 Å². The lowest BCUT2D eigenvalue weighted by Gasteiger charge is -2.20. The highest BCUT2D eigenvalue weighted by Crippen LogP contribution is 2.13. The molecule has 0 spiro atoms. The zero-order chi connectivity index (χ0) is 13.8. The minimum Gasteiger partial charge on any atom is -0.398 e. The summed E-state index contributed by atoms with van der Waals surface area (Å²) in [5.74, 6) is 0.719. The third kappa shape index (κ3) is 5.03. The maximum absolute atomic E-state index is 11.6. The lowest BCUT2D eigenvalue weighted by atomic mass is 10.1. The number of nitrogen functional groups attached to an aromatic ring is 1. The van der Waals surface area contributed by atoms with Gasteiger partial charge in [0, 0.05) is 36.5 Å². The molecular formula is C13H22N4O. The van der Waals surface area contributed by atoms with Gasteiger partial charge in [-0.15, -0.1) is 0 Å². The number of anilines is 2. The number of amides is 1. The molecule has 4 N–H and O–H groups in total. The number of nitrogens with zero attached hydrogens (tertiary/aromatic N) is 1. The van der Waals surface area contributed by atoms with Crippen LogP contribution in [0, 0.1) is 6.92 Å². The lowest BCUT2D eigenvalue weighted by molar-refractivity contribution is -0.122. The Morgan fingerprint density at radius 3 is 2.67 bits per heavy atom. The molecule has 5 heteroatoms. The van der Waals surface area contributed by atoms with E-state index < -0.39 is 0 Å². The van der Waals surface area contributed by atoms with Crippen LogP contribution in [0.3, 0.4) is 0 Å². The number of carbonyl (C=O) groups excluding carboxylic acids is 1. The van der Waals surface area contributed by atoms with Crippen molar-refractivity contribution in [2.24, 2.45) is 0 Å². The molecule has 100 valence electrons. The minimum absolute atomic E-state index is 0.0232. The molecule has 0 bridgehead atoms. The van der Waals surface area contributed by atoms with Crippen molar-refractivity contribution in [1.82, 2.24) is 10.3 Å². The monoisotopic (exact) mass is 250 g/mol. The summed E-state index contributed by atoms with van der Waals surface area (Å²) >= 11 is 0. The zero-order valence-corrected chi connectivity index (χ0v) is 11.5. The SMILES string of the molecule is Cc1cnc(NCCC(=O)NC(C)(C)C)cc1N. The molecule has 0 unspecified atom stereocenters. The van der Waals surface area contributed by atoms with Gasteiger partial charge in [0.25, 0.3) is 0 Å². The molecule has 0 saturated heterocycles. The van der Waals surface area contributed by atoms with Gasteiger partial charge in [-0.2, -0.15) is 0 Å². The third-order valence-electron chi connectivity index (χ3n) is 2.32. The molecule has 1 heterocycles. The zero-order valence-electron chi connectivity index (χ0n) is 11.5. The average molecular weight is 250 g/mol. The maximum Gasteiger partial charge on any atom is 0.222 e. The van der Waals surface area contributed by atoms with Crippen molar-refractivity contribution in [3.63, 3.8) is 0 Å². The summed E-state index contributed by atoms with van der Waals surface area (Å²) in [5, 5.41) is 5.98. The Bertz CT molecular complexity index is 423. The van der Waals surface area contributed by atoms with E-state index in [2.05, 4.69) is 15.6 Å². The summed E-state index contributed by atoms with van der Waals surface area (Å²) in [6.07, 6.45) is 2.12. The fourth-order valence-electron chi connectivity index (χ4n) is 1.42. The molecule has 1 aromatic rings. The molecule has 0 saturated carbocycles. The number of carbonyl (C=O) groups is 1. The second-order valence-corrected chi connectivity index (χ2v) is 5.40. The molecule has 5 nitrogen and oxygen atoms in total. The fraction of sp³-hybridized carbons (Fsp3) is 0.538. The molecule has 0 radical (unpaired) electrons. The number of hydrogen-bond acceptors (Lipinski definition) is 4. The molecular weight excluding hydrogens is 228 g/mol. The summed E-state index contributed by atoms with van der Waals surface area (Å²) < 4.78 is 0. The number of rotatable bonds is 4. The lowest BCUT2D eigenvalue weighted by Crippen LogP contribution is -2.41. The van der Waals surface area contributed by atoms with E-state index in [1.807, 2.05) is 27.7 Å². The minimum atomic E-state index is -0.191. The summed E-state index contributed by atoms with van der Waals surface area (Å²) in [4.78, 5) is 15.8. The molecule has 0 aromatic carbocycles. The van der Waals surface area contributed by atoms with Crippen LogP contribution in [0.4, 0.5) is 11.5 Å². The molecule has 0 aliphatic carbocycles. The van der Waals surface area contributed by atoms with Crippen molar-refractivity contribution in [2.75, 3.05) is 17.6 Å². The summed E-state index contributed by atoms with van der Waals surface area (Å²) in [6.45, 7) is 8.32. The van der Waals surface area contributed by atoms with Crippen molar-refractivity contribution in [3.05, 3.63) is 17.8 Å². The number of nitrogens with one attached hydrogen (secondary N) is 2. The second-order valence-electron chi connectivity index (χ2n) is 5.40. The first-order chi connectivity index (χ1) is 8.28. The summed E-state index contributed by atoms with van der Waals surface area (Å²) in [7, 11) is 0. The Morgan fingerprint density at radius 2 is 2.11 bits per heavy atom. The number of nitrogens with two attached hydrogens (primary N) is 1. The first kappa shape index (κ1) is 14.3. The second kappa shape index (κ2) is 5.71. The van der Waals surface area contributed by atoms with Crippen LogP contribution in [0.1, 0.15) is 32.8 Å². The Kier molecular flexibility index (Phi) is 4.53. The number of aryl methyl sites for hydroxylation is 1. The molecule has 0 atom stereocenters. The highest BCUT2D eigenvalue weighted by molar-refractivity contribution is 5.77. The van der Waals surface area contributed by atoms with Crippen LogP contribution >= 0.6 is 0 Å². The van der Waals surface area contributed by atoms with Crippen LogP contribution in [0.25, 0.3) is 0 Å². The predicted octanol–water partition coefficient (Wildman–Crippen LogP) is 1.69. The van der Waals surface area contributed by atoms with Gasteiger partial charge in [0.15, 0.2) is 0 Å². The predicted molar refractivity (Wildman–Crippen MR) is 74.4 cm³/mol. The van der Waals surface area contributed by atoms with E-state index in [4.69, 9.17) is 5.73 Å². The van der Waals surface area contributed by atoms with E-state index in [0.29, 0.717) is 24.5 Å². The van der Waals surface area contributed by atoms with Gasteiger partial charge in [-0.25, -0.2) is 4.98 Å². The van der Waals surface area contributed by atoms with Crippen molar-refractivity contribution in [1.29, 1.82) is 0 Å². The summed E-state index contributed by atoms with van der Waals surface area (Å²) in [6, 6.07) is 1.77. The Hall–Kier alpha value is -1.78. The van der Waals surface area contributed by atoms with Crippen molar-refractivity contribution in [2.45, 2.75) is 39.7 Å². The van der Waals surface area contributed by atoms with Gasteiger partial charge in [-0.3, -0.25) is 4.79 Å². The van der Waals surface area contributed by atoms with E-state index in [1.165, 1.54) is 0 Å². The van der Waals surface area contributed by atoms with Gasteiger partial charge in [0.1, 0.15) is 5.82 Å².